The van der Waals surface area contributed by atoms with Crippen molar-refractivity contribution in [3.05, 3.63) is 59.7 Å². The summed E-state index contributed by atoms with van der Waals surface area (Å²) in [5, 5.41) is 0. The molecule has 0 fully saturated rings. The number of nitrogens with zero attached hydrogens (tertiary/aromatic N) is 1. The topological polar surface area (TPSA) is 92.8 Å². The van der Waals surface area contributed by atoms with Gasteiger partial charge in [0.25, 0.3) is 5.91 Å². The zero-order chi connectivity index (χ0) is 21.0. The van der Waals surface area contributed by atoms with E-state index in [9.17, 15) is 18.0 Å². The number of benzene rings is 2. The molecular weight excluding hydrogens is 392 g/mol. The van der Waals surface area contributed by atoms with E-state index in [0.29, 0.717) is 6.54 Å². The number of fused-ring (bicyclic) bond motifs is 1. The fourth-order valence-corrected chi connectivity index (χ4v) is 4.21. The van der Waals surface area contributed by atoms with Crippen LogP contribution >= 0.6 is 0 Å². The molecule has 1 atom stereocenters. The van der Waals surface area contributed by atoms with Gasteiger partial charge in [0.05, 0.1) is 11.3 Å². The van der Waals surface area contributed by atoms with Crippen molar-refractivity contribution in [3.63, 3.8) is 0 Å². The molecule has 1 N–H and O–H groups in total. The summed E-state index contributed by atoms with van der Waals surface area (Å²) in [4.78, 5) is 26.4. The van der Waals surface area contributed by atoms with E-state index in [2.05, 4.69) is 4.72 Å². The first-order valence-corrected chi connectivity index (χ1v) is 10.9. The highest BCUT2D eigenvalue weighted by atomic mass is 32.2. The highest BCUT2D eigenvalue weighted by molar-refractivity contribution is 7.89. The van der Waals surface area contributed by atoms with E-state index in [4.69, 9.17) is 4.74 Å². The summed E-state index contributed by atoms with van der Waals surface area (Å²) >= 11 is 0. The average molecular weight is 416 g/mol. The Morgan fingerprint density at radius 2 is 1.83 bits per heavy atom. The van der Waals surface area contributed by atoms with Crippen LogP contribution in [0, 0.1) is 6.92 Å². The average Bonchev–Trinajstić information content (AvgIpc) is 3.11. The van der Waals surface area contributed by atoms with Gasteiger partial charge in [0.1, 0.15) is 0 Å². The molecule has 8 heteroatoms. The number of sulfonamides is 1. The predicted octanol–water partition coefficient (Wildman–Crippen LogP) is 2.18. The summed E-state index contributed by atoms with van der Waals surface area (Å²) in [5.41, 5.74) is 2.88. The van der Waals surface area contributed by atoms with Crippen LogP contribution in [0.2, 0.25) is 0 Å². The number of nitrogens with one attached hydrogen (secondary N) is 1. The van der Waals surface area contributed by atoms with E-state index >= 15 is 0 Å². The second-order valence-corrected chi connectivity index (χ2v) is 8.73. The Morgan fingerprint density at radius 3 is 2.55 bits per heavy atom. The summed E-state index contributed by atoms with van der Waals surface area (Å²) in [6, 6.07) is 14.0. The zero-order valence-electron chi connectivity index (χ0n) is 16.4. The monoisotopic (exact) mass is 416 g/mol. The summed E-state index contributed by atoms with van der Waals surface area (Å²) < 4.78 is 32.0. The molecule has 2 aromatic rings. The SMILES string of the molecule is Cc1ccc(S(=O)(=O)NCCC(=O)OC(C)C(=O)N2CCc3ccccc32)cc1. The molecule has 0 saturated carbocycles. The van der Waals surface area contributed by atoms with Crippen LogP contribution in [-0.4, -0.2) is 39.5 Å². The number of anilines is 1. The third-order valence-electron chi connectivity index (χ3n) is 4.76. The molecular formula is C21H24N2O5S. The minimum Gasteiger partial charge on any atom is -0.452 e. The van der Waals surface area contributed by atoms with Gasteiger partial charge in [0.2, 0.25) is 10.0 Å². The quantitative estimate of drug-likeness (QED) is 0.699. The molecule has 0 radical (unpaired) electrons. The van der Waals surface area contributed by atoms with E-state index in [1.54, 1.807) is 17.0 Å². The van der Waals surface area contributed by atoms with Crippen LogP contribution in [0.1, 0.15) is 24.5 Å². The van der Waals surface area contributed by atoms with Gasteiger partial charge in [-0.3, -0.25) is 9.59 Å². The van der Waals surface area contributed by atoms with Gasteiger partial charge >= 0.3 is 5.97 Å². The number of aryl methyl sites for hydroxylation is 1. The smallest absolute Gasteiger partial charge is 0.307 e. The van der Waals surface area contributed by atoms with Crippen LogP contribution in [0.25, 0.3) is 0 Å². The van der Waals surface area contributed by atoms with Crippen molar-refractivity contribution in [1.82, 2.24) is 4.72 Å². The minimum atomic E-state index is -3.70. The second-order valence-electron chi connectivity index (χ2n) is 6.96. The van der Waals surface area contributed by atoms with Gasteiger partial charge in [0.15, 0.2) is 6.10 Å². The number of amides is 1. The molecule has 1 unspecified atom stereocenters. The van der Waals surface area contributed by atoms with Crippen LogP contribution in [0.15, 0.2) is 53.4 Å². The third-order valence-corrected chi connectivity index (χ3v) is 6.24. The molecule has 1 amide bonds. The lowest BCUT2D eigenvalue weighted by Gasteiger charge is -2.21. The summed E-state index contributed by atoms with van der Waals surface area (Å²) in [6.45, 7) is 3.83. The fourth-order valence-electron chi connectivity index (χ4n) is 3.18. The van der Waals surface area contributed by atoms with Gasteiger partial charge in [0, 0.05) is 18.8 Å². The Labute approximate surface area is 170 Å². The van der Waals surface area contributed by atoms with E-state index in [1.165, 1.54) is 19.1 Å². The number of para-hydroxylation sites is 1. The maximum absolute atomic E-state index is 12.6. The first-order valence-electron chi connectivity index (χ1n) is 9.43. The molecule has 1 aliphatic rings. The molecule has 0 bridgehead atoms. The minimum absolute atomic E-state index is 0.109. The molecule has 29 heavy (non-hydrogen) atoms. The lowest BCUT2D eigenvalue weighted by molar-refractivity contribution is -0.153. The Kier molecular flexibility index (Phi) is 6.34. The van der Waals surface area contributed by atoms with Gasteiger partial charge in [-0.2, -0.15) is 0 Å². The van der Waals surface area contributed by atoms with Crippen molar-refractivity contribution in [2.24, 2.45) is 0 Å². The van der Waals surface area contributed by atoms with Gasteiger partial charge < -0.3 is 9.64 Å². The van der Waals surface area contributed by atoms with Gasteiger partial charge in [-0.05, 0) is 44.0 Å². The molecule has 7 nitrogen and oxygen atoms in total. The van der Waals surface area contributed by atoms with E-state index < -0.39 is 22.1 Å². The van der Waals surface area contributed by atoms with Crippen molar-refractivity contribution in [1.29, 1.82) is 0 Å². The van der Waals surface area contributed by atoms with Gasteiger partial charge in [-0.25, -0.2) is 13.1 Å². The molecule has 1 aliphatic heterocycles. The molecule has 0 aliphatic carbocycles. The number of hydrogen-bond acceptors (Lipinski definition) is 5. The van der Waals surface area contributed by atoms with Crippen LogP contribution in [0.5, 0.6) is 0 Å². The predicted molar refractivity (Wildman–Crippen MR) is 109 cm³/mol. The molecule has 2 aromatic carbocycles. The molecule has 0 aromatic heterocycles. The van der Waals surface area contributed by atoms with Crippen LogP contribution < -0.4 is 9.62 Å². The van der Waals surface area contributed by atoms with Crippen LogP contribution in [0.4, 0.5) is 5.69 Å². The largest absolute Gasteiger partial charge is 0.452 e. The highest BCUT2D eigenvalue weighted by Crippen LogP contribution is 2.28. The highest BCUT2D eigenvalue weighted by Gasteiger charge is 2.29. The summed E-state index contributed by atoms with van der Waals surface area (Å²) in [5.74, 6) is -0.923. The fraction of sp³-hybridized carbons (Fsp3) is 0.333. The van der Waals surface area contributed by atoms with E-state index in [-0.39, 0.29) is 23.8 Å². The molecule has 0 spiro atoms. The second kappa shape index (κ2) is 8.75. The number of hydrogen-bond donors (Lipinski definition) is 1. The summed E-state index contributed by atoms with van der Waals surface area (Å²) in [7, 11) is -3.70. The van der Waals surface area contributed by atoms with E-state index in [0.717, 1.165) is 23.2 Å². The lowest BCUT2D eigenvalue weighted by Crippen LogP contribution is -2.39. The Morgan fingerprint density at radius 1 is 1.14 bits per heavy atom. The number of esters is 1. The molecule has 3 rings (SSSR count). The standard InChI is InChI=1S/C21H24N2O5S/c1-15-7-9-18(10-8-15)29(26,27)22-13-11-20(24)28-16(2)21(25)23-14-12-17-5-3-4-6-19(17)23/h3-10,16,22H,11-14H2,1-2H3. The van der Waals surface area contributed by atoms with Gasteiger partial charge in [-0.15, -0.1) is 0 Å². The normalized spacial score (nSPS) is 14.3. The maximum atomic E-state index is 12.6. The molecule has 0 saturated heterocycles. The van der Waals surface area contributed by atoms with E-state index in [1.807, 2.05) is 31.2 Å². The first-order chi connectivity index (χ1) is 13.8. The lowest BCUT2D eigenvalue weighted by atomic mass is 10.2. The van der Waals surface area contributed by atoms with Crippen molar-refractivity contribution < 1.29 is 22.7 Å². The Hall–Kier alpha value is -2.71. The first kappa shape index (κ1) is 21.0. The number of ether oxygens (including phenoxy) is 1. The van der Waals surface area contributed by atoms with Crippen molar-refractivity contribution in [3.8, 4) is 0 Å². The Balaban J connectivity index is 1.49. The molecule has 154 valence electrons. The molecule has 1 heterocycles. The van der Waals surface area contributed by atoms with Gasteiger partial charge in [-0.1, -0.05) is 35.9 Å². The number of carbonyl (C=O) groups excluding carboxylic acids is 2. The van der Waals surface area contributed by atoms with Crippen molar-refractivity contribution >= 4 is 27.6 Å². The zero-order valence-corrected chi connectivity index (χ0v) is 17.2. The van der Waals surface area contributed by atoms with Crippen molar-refractivity contribution in [2.75, 3.05) is 18.0 Å². The number of rotatable bonds is 7. The van der Waals surface area contributed by atoms with Crippen molar-refractivity contribution in [2.45, 2.75) is 37.7 Å². The third kappa shape index (κ3) is 5.02. The van der Waals surface area contributed by atoms with Crippen LogP contribution in [0.3, 0.4) is 0 Å². The van der Waals surface area contributed by atoms with Crippen LogP contribution in [-0.2, 0) is 30.8 Å². The maximum Gasteiger partial charge on any atom is 0.307 e. The Bertz CT molecular complexity index is 1000. The summed E-state index contributed by atoms with van der Waals surface area (Å²) in [6.07, 6.45) is -0.342. The number of carbonyl (C=O) groups is 2.